The van der Waals surface area contributed by atoms with Gasteiger partial charge in [-0.1, -0.05) is 30.0 Å². The summed E-state index contributed by atoms with van der Waals surface area (Å²) in [4.78, 5) is 6.46. The van der Waals surface area contributed by atoms with Crippen molar-refractivity contribution in [2.45, 2.75) is 9.79 Å². The quantitative estimate of drug-likeness (QED) is 0.716. The molecule has 1 aromatic heterocycles. The van der Waals surface area contributed by atoms with E-state index in [9.17, 15) is 0 Å². The van der Waals surface area contributed by atoms with Gasteiger partial charge in [0, 0.05) is 22.2 Å². The first kappa shape index (κ1) is 8.32. The van der Waals surface area contributed by atoms with E-state index in [0.717, 1.165) is 0 Å². The largest absolute Gasteiger partial charge is 0.265 e. The normalized spacial score (nSPS) is 9.85. The predicted octanol–water partition coefficient (Wildman–Crippen LogP) is 3.23. The van der Waals surface area contributed by atoms with Crippen LogP contribution in [0.1, 0.15) is 0 Å². The molecule has 0 saturated heterocycles. The zero-order chi connectivity index (χ0) is 8.93. The van der Waals surface area contributed by atoms with Gasteiger partial charge in [-0.3, -0.25) is 4.98 Å². The van der Waals surface area contributed by atoms with Crippen LogP contribution in [0.3, 0.4) is 0 Å². The van der Waals surface area contributed by atoms with E-state index in [1.165, 1.54) is 9.79 Å². The van der Waals surface area contributed by atoms with Gasteiger partial charge in [0.2, 0.25) is 0 Å². The fourth-order valence-corrected chi connectivity index (χ4v) is 1.85. The smallest absolute Gasteiger partial charge is 0.0279 e. The molecule has 64 valence electrons. The number of benzene rings is 1. The van der Waals surface area contributed by atoms with Gasteiger partial charge in [-0.05, 0) is 24.3 Å². The van der Waals surface area contributed by atoms with Crippen molar-refractivity contribution in [3.8, 4) is 0 Å². The van der Waals surface area contributed by atoms with Crippen molar-refractivity contribution in [3.05, 3.63) is 54.9 Å². The number of pyridine rings is 1. The molecule has 1 aromatic carbocycles. The Morgan fingerprint density at radius 3 is 2.08 bits per heavy atom. The lowest BCUT2D eigenvalue weighted by atomic mass is 10.4. The van der Waals surface area contributed by atoms with E-state index >= 15 is 0 Å². The van der Waals surface area contributed by atoms with Crippen LogP contribution in [-0.2, 0) is 0 Å². The van der Waals surface area contributed by atoms with Crippen LogP contribution in [0.25, 0.3) is 0 Å². The maximum Gasteiger partial charge on any atom is 0.0279 e. The topological polar surface area (TPSA) is 12.9 Å². The highest BCUT2D eigenvalue weighted by molar-refractivity contribution is 7.99. The van der Waals surface area contributed by atoms with Gasteiger partial charge < -0.3 is 0 Å². The monoisotopic (exact) mass is 187 g/mol. The fraction of sp³-hybridized carbons (Fsp3) is 0. The molecule has 1 heterocycles. The number of aromatic nitrogens is 1. The lowest BCUT2D eigenvalue weighted by Crippen LogP contribution is -1.73. The molecule has 0 bridgehead atoms. The number of hydrogen-bond acceptors (Lipinski definition) is 2. The third-order valence-electron chi connectivity index (χ3n) is 1.63. The molecule has 0 aliphatic heterocycles. The molecule has 0 spiro atoms. The maximum atomic E-state index is 3.97. The fourth-order valence-electron chi connectivity index (χ4n) is 1.03. The van der Waals surface area contributed by atoms with Crippen LogP contribution in [0.2, 0.25) is 0 Å². The first-order valence-corrected chi connectivity index (χ1v) is 4.90. The summed E-state index contributed by atoms with van der Waals surface area (Å²) >= 11 is 1.75. The van der Waals surface area contributed by atoms with Gasteiger partial charge in [-0.15, -0.1) is 0 Å². The second kappa shape index (κ2) is 4.10. The third-order valence-corrected chi connectivity index (χ3v) is 2.64. The van der Waals surface area contributed by atoms with Gasteiger partial charge in [0.1, 0.15) is 0 Å². The molecule has 2 heteroatoms. The Hall–Kier alpha value is -1.28. The summed E-state index contributed by atoms with van der Waals surface area (Å²) in [5.74, 6) is 0. The van der Waals surface area contributed by atoms with Crippen LogP contribution in [-0.4, -0.2) is 4.98 Å². The second-order valence-electron chi connectivity index (χ2n) is 2.60. The van der Waals surface area contributed by atoms with Gasteiger partial charge >= 0.3 is 0 Å². The molecule has 1 nitrogen and oxygen atoms in total. The summed E-state index contributed by atoms with van der Waals surface area (Å²) < 4.78 is 0. The molecule has 0 saturated carbocycles. The first-order valence-electron chi connectivity index (χ1n) is 4.08. The van der Waals surface area contributed by atoms with Crippen LogP contribution in [0, 0.1) is 0 Å². The van der Waals surface area contributed by atoms with Crippen LogP contribution in [0.4, 0.5) is 0 Å². The summed E-state index contributed by atoms with van der Waals surface area (Å²) in [7, 11) is 0. The van der Waals surface area contributed by atoms with Crippen molar-refractivity contribution >= 4 is 11.8 Å². The molecule has 13 heavy (non-hydrogen) atoms. The van der Waals surface area contributed by atoms with E-state index in [2.05, 4.69) is 17.1 Å². The molecule has 0 fully saturated rings. The van der Waals surface area contributed by atoms with Crippen molar-refractivity contribution in [1.82, 2.24) is 4.98 Å². The number of nitrogens with zero attached hydrogens (tertiary/aromatic N) is 1. The minimum atomic E-state index is 1.22. The highest BCUT2D eigenvalue weighted by Crippen LogP contribution is 2.25. The Bertz CT molecular complexity index is 321. The summed E-state index contributed by atoms with van der Waals surface area (Å²) in [5, 5.41) is 0. The van der Waals surface area contributed by atoms with Crippen molar-refractivity contribution in [2.24, 2.45) is 0 Å². The van der Waals surface area contributed by atoms with Crippen molar-refractivity contribution in [2.75, 3.05) is 0 Å². The Balaban J connectivity index is 2.16. The summed E-state index contributed by atoms with van der Waals surface area (Å²) in [6, 6.07) is 14.3. The van der Waals surface area contributed by atoms with E-state index < -0.39 is 0 Å². The Morgan fingerprint density at radius 1 is 0.769 bits per heavy atom. The van der Waals surface area contributed by atoms with Gasteiger partial charge in [-0.25, -0.2) is 0 Å². The molecule has 0 radical (unpaired) electrons. The SMILES string of the molecule is c1ccc(Sc2ccncc2)cc1. The zero-order valence-corrected chi connectivity index (χ0v) is 7.87. The molecule has 0 aliphatic rings. The minimum Gasteiger partial charge on any atom is -0.265 e. The first-order chi connectivity index (χ1) is 6.45. The van der Waals surface area contributed by atoms with E-state index in [1.54, 1.807) is 11.8 Å². The standard InChI is InChI=1S/C11H9NS/c1-2-4-10(5-3-1)13-11-6-8-12-9-7-11/h1-9H. The average molecular weight is 187 g/mol. The van der Waals surface area contributed by atoms with Gasteiger partial charge in [0.25, 0.3) is 0 Å². The van der Waals surface area contributed by atoms with Crippen molar-refractivity contribution in [1.29, 1.82) is 0 Å². The highest BCUT2D eigenvalue weighted by Gasteiger charge is 1.93. The molecule has 0 unspecified atom stereocenters. The highest BCUT2D eigenvalue weighted by atomic mass is 32.2. The van der Waals surface area contributed by atoms with Crippen molar-refractivity contribution < 1.29 is 0 Å². The van der Waals surface area contributed by atoms with E-state index in [4.69, 9.17) is 0 Å². The Labute approximate surface area is 81.8 Å². The molecule has 0 N–H and O–H groups in total. The van der Waals surface area contributed by atoms with E-state index in [1.807, 2.05) is 42.7 Å². The van der Waals surface area contributed by atoms with E-state index in [-0.39, 0.29) is 0 Å². The maximum absolute atomic E-state index is 3.97. The lowest BCUT2D eigenvalue weighted by molar-refractivity contribution is 1.26. The molecule has 2 aromatic rings. The summed E-state index contributed by atoms with van der Waals surface area (Å²) in [5.41, 5.74) is 0. The van der Waals surface area contributed by atoms with Gasteiger partial charge in [0.05, 0.1) is 0 Å². The molecule has 0 amide bonds. The molecular weight excluding hydrogens is 178 g/mol. The van der Waals surface area contributed by atoms with Gasteiger partial charge in [-0.2, -0.15) is 0 Å². The van der Waals surface area contributed by atoms with Crippen LogP contribution in [0.5, 0.6) is 0 Å². The minimum absolute atomic E-state index is 1.22. The van der Waals surface area contributed by atoms with Crippen LogP contribution < -0.4 is 0 Å². The average Bonchev–Trinajstić information content (AvgIpc) is 2.21. The van der Waals surface area contributed by atoms with Crippen LogP contribution >= 0.6 is 11.8 Å². The molecular formula is C11H9NS. The summed E-state index contributed by atoms with van der Waals surface area (Å²) in [6.07, 6.45) is 3.62. The third kappa shape index (κ3) is 2.33. The molecule has 0 atom stereocenters. The molecule has 0 aliphatic carbocycles. The van der Waals surface area contributed by atoms with Gasteiger partial charge in [0.15, 0.2) is 0 Å². The van der Waals surface area contributed by atoms with Crippen LogP contribution in [0.15, 0.2) is 64.6 Å². The molecule has 2 rings (SSSR count). The lowest BCUT2D eigenvalue weighted by Gasteiger charge is -1.99. The second-order valence-corrected chi connectivity index (χ2v) is 3.74. The Morgan fingerprint density at radius 2 is 1.38 bits per heavy atom. The summed E-state index contributed by atoms with van der Waals surface area (Å²) in [6.45, 7) is 0. The number of hydrogen-bond donors (Lipinski definition) is 0. The number of rotatable bonds is 2. The van der Waals surface area contributed by atoms with E-state index in [0.29, 0.717) is 0 Å². The zero-order valence-electron chi connectivity index (χ0n) is 7.05. The Kier molecular flexibility index (Phi) is 2.62. The van der Waals surface area contributed by atoms with Crippen molar-refractivity contribution in [3.63, 3.8) is 0 Å². The predicted molar refractivity (Wildman–Crippen MR) is 54.8 cm³/mol.